The molecule has 1 fully saturated rings. The molecule has 0 spiro atoms. The molecule has 1 saturated heterocycles. The fourth-order valence-corrected chi connectivity index (χ4v) is 3.37. The van der Waals surface area contributed by atoms with Gasteiger partial charge in [-0.2, -0.15) is 0 Å². The number of nitrogens with one attached hydrogen (secondary N) is 1. The zero-order valence-corrected chi connectivity index (χ0v) is 14.8. The summed E-state index contributed by atoms with van der Waals surface area (Å²) in [4.78, 5) is 18.8. The van der Waals surface area contributed by atoms with Gasteiger partial charge in [-0.1, -0.05) is 18.2 Å². The molecule has 1 aromatic heterocycles. The molecule has 0 radical (unpaired) electrons. The van der Waals surface area contributed by atoms with E-state index in [1.165, 1.54) is 6.07 Å². The normalized spacial score (nSPS) is 17.8. The van der Waals surface area contributed by atoms with Crippen molar-refractivity contribution in [2.45, 2.75) is 45.2 Å². The van der Waals surface area contributed by atoms with Crippen LogP contribution in [0.25, 0.3) is 0 Å². The largest absolute Gasteiger partial charge is 0.334 e. The second-order valence-corrected chi connectivity index (χ2v) is 6.82. The smallest absolute Gasteiger partial charge is 0.317 e. The minimum atomic E-state index is -0.293. The van der Waals surface area contributed by atoms with Crippen LogP contribution in [0, 0.1) is 5.82 Å². The van der Waals surface area contributed by atoms with Gasteiger partial charge in [-0.25, -0.2) is 14.2 Å². The Kier molecular flexibility index (Phi) is 5.36. The van der Waals surface area contributed by atoms with Gasteiger partial charge in [0.05, 0.1) is 0 Å². The van der Waals surface area contributed by atoms with E-state index in [0.29, 0.717) is 18.2 Å². The molecule has 5 nitrogen and oxygen atoms in total. The van der Waals surface area contributed by atoms with Crippen LogP contribution < -0.4 is 5.32 Å². The minimum Gasteiger partial charge on any atom is -0.334 e. The van der Waals surface area contributed by atoms with Crippen LogP contribution in [0.4, 0.5) is 9.18 Å². The Balaban J connectivity index is 1.62. The Morgan fingerprint density at radius 2 is 2.20 bits per heavy atom. The fraction of sp³-hybridized carbons (Fsp3) is 0.474. The van der Waals surface area contributed by atoms with Gasteiger partial charge in [-0.15, -0.1) is 0 Å². The van der Waals surface area contributed by atoms with E-state index in [9.17, 15) is 9.18 Å². The summed E-state index contributed by atoms with van der Waals surface area (Å²) in [6.07, 6.45) is 5.80. The molecule has 6 heteroatoms. The van der Waals surface area contributed by atoms with E-state index in [-0.39, 0.29) is 24.3 Å². The van der Waals surface area contributed by atoms with Crippen LogP contribution in [-0.4, -0.2) is 33.6 Å². The molecule has 3 rings (SSSR count). The molecule has 1 aromatic carbocycles. The number of halogens is 1. The van der Waals surface area contributed by atoms with Crippen LogP contribution in [0.2, 0.25) is 0 Å². The van der Waals surface area contributed by atoms with Gasteiger partial charge in [0.25, 0.3) is 0 Å². The number of piperidine rings is 1. The molecule has 1 unspecified atom stereocenters. The molecule has 25 heavy (non-hydrogen) atoms. The van der Waals surface area contributed by atoms with Gasteiger partial charge in [0.1, 0.15) is 11.6 Å². The molecule has 1 N–H and O–H groups in total. The number of hydrogen-bond donors (Lipinski definition) is 1. The number of hydrogen-bond acceptors (Lipinski definition) is 2. The topological polar surface area (TPSA) is 50.2 Å². The van der Waals surface area contributed by atoms with Crippen LogP contribution in [0.1, 0.15) is 50.0 Å². The lowest BCUT2D eigenvalue weighted by molar-refractivity contribution is 0.177. The van der Waals surface area contributed by atoms with Crippen LogP contribution in [0.3, 0.4) is 0 Å². The number of nitrogens with zero attached hydrogens (tertiary/aromatic N) is 3. The van der Waals surface area contributed by atoms with Crippen molar-refractivity contribution in [3.05, 3.63) is 53.9 Å². The van der Waals surface area contributed by atoms with Gasteiger partial charge in [-0.05, 0) is 32.8 Å². The average Bonchev–Trinajstić information content (AvgIpc) is 3.11. The van der Waals surface area contributed by atoms with Crippen molar-refractivity contribution in [2.24, 2.45) is 0 Å². The summed E-state index contributed by atoms with van der Waals surface area (Å²) < 4.78 is 15.8. The molecule has 2 heterocycles. The van der Waals surface area contributed by atoms with Crippen LogP contribution in [-0.2, 0) is 6.54 Å². The second-order valence-electron chi connectivity index (χ2n) is 6.82. The molecule has 2 amide bonds. The molecule has 2 aromatic rings. The molecule has 0 bridgehead atoms. The Labute approximate surface area is 147 Å². The number of benzene rings is 1. The van der Waals surface area contributed by atoms with E-state index in [4.69, 9.17) is 0 Å². The van der Waals surface area contributed by atoms with Crippen LogP contribution in [0.5, 0.6) is 0 Å². The van der Waals surface area contributed by atoms with E-state index >= 15 is 0 Å². The predicted octanol–water partition coefficient (Wildman–Crippen LogP) is 3.69. The number of amides is 2. The fourth-order valence-electron chi connectivity index (χ4n) is 3.37. The Morgan fingerprint density at radius 1 is 1.40 bits per heavy atom. The highest BCUT2D eigenvalue weighted by Gasteiger charge is 2.27. The average molecular weight is 344 g/mol. The van der Waals surface area contributed by atoms with E-state index in [2.05, 4.69) is 28.7 Å². The van der Waals surface area contributed by atoms with Gasteiger partial charge in [-0.3, -0.25) is 0 Å². The van der Waals surface area contributed by atoms with E-state index in [1.807, 2.05) is 17.3 Å². The summed E-state index contributed by atoms with van der Waals surface area (Å²) in [5.74, 6) is 0.991. The monoisotopic (exact) mass is 344 g/mol. The highest BCUT2D eigenvalue weighted by molar-refractivity contribution is 5.74. The Morgan fingerprint density at radius 3 is 2.96 bits per heavy atom. The third-order valence-corrected chi connectivity index (χ3v) is 4.72. The zero-order chi connectivity index (χ0) is 17.8. The number of carbonyl (C=O) groups excluding carboxylic acids is 1. The molecule has 1 aliphatic rings. The number of aromatic nitrogens is 2. The van der Waals surface area contributed by atoms with Crippen molar-refractivity contribution >= 4 is 6.03 Å². The number of imidazole rings is 1. The predicted molar refractivity (Wildman–Crippen MR) is 94.8 cm³/mol. The summed E-state index contributed by atoms with van der Waals surface area (Å²) >= 11 is 0. The second kappa shape index (κ2) is 7.68. The quantitative estimate of drug-likeness (QED) is 0.919. The molecular formula is C19H25FN4O. The SMILES string of the molecule is CC(C)n1ccnc1C1CCCN(C(=O)NCc2ccccc2F)C1. The van der Waals surface area contributed by atoms with Gasteiger partial charge < -0.3 is 14.8 Å². The standard InChI is InChI=1S/C19H25FN4O/c1-14(2)24-11-9-21-18(24)16-7-5-10-23(13-16)19(25)22-12-15-6-3-4-8-17(15)20/h3-4,6,8-9,11,14,16H,5,7,10,12-13H2,1-2H3,(H,22,25). The number of urea groups is 1. The first-order valence-electron chi connectivity index (χ1n) is 8.85. The summed E-state index contributed by atoms with van der Waals surface area (Å²) in [6, 6.07) is 6.72. The molecule has 1 aliphatic heterocycles. The maximum Gasteiger partial charge on any atom is 0.317 e. The van der Waals surface area contributed by atoms with Crippen LogP contribution >= 0.6 is 0 Å². The van der Waals surface area contributed by atoms with Crippen molar-refractivity contribution in [1.82, 2.24) is 19.8 Å². The molecule has 134 valence electrons. The molecule has 1 atom stereocenters. The first kappa shape index (κ1) is 17.5. The minimum absolute atomic E-state index is 0.143. The van der Waals surface area contributed by atoms with E-state index in [1.54, 1.807) is 18.2 Å². The van der Waals surface area contributed by atoms with Gasteiger partial charge in [0.2, 0.25) is 0 Å². The van der Waals surface area contributed by atoms with Crippen molar-refractivity contribution < 1.29 is 9.18 Å². The molecule has 0 aliphatic carbocycles. The van der Waals surface area contributed by atoms with Crippen molar-refractivity contribution in [3.8, 4) is 0 Å². The maximum absolute atomic E-state index is 13.7. The highest BCUT2D eigenvalue weighted by atomic mass is 19.1. The van der Waals surface area contributed by atoms with Crippen LogP contribution in [0.15, 0.2) is 36.7 Å². The third-order valence-electron chi connectivity index (χ3n) is 4.72. The molecule has 0 saturated carbocycles. The van der Waals surface area contributed by atoms with Crippen molar-refractivity contribution in [2.75, 3.05) is 13.1 Å². The van der Waals surface area contributed by atoms with Gasteiger partial charge in [0, 0.05) is 49.6 Å². The summed E-state index contributed by atoms with van der Waals surface area (Å²) in [7, 11) is 0. The lowest BCUT2D eigenvalue weighted by Crippen LogP contribution is -2.45. The Hall–Kier alpha value is -2.37. The summed E-state index contributed by atoms with van der Waals surface area (Å²) in [5.41, 5.74) is 0.500. The lowest BCUT2D eigenvalue weighted by Gasteiger charge is -2.33. The highest BCUT2D eigenvalue weighted by Crippen LogP contribution is 2.27. The maximum atomic E-state index is 13.7. The van der Waals surface area contributed by atoms with Gasteiger partial charge >= 0.3 is 6.03 Å². The zero-order valence-electron chi connectivity index (χ0n) is 14.8. The van der Waals surface area contributed by atoms with Crippen molar-refractivity contribution in [3.63, 3.8) is 0 Å². The first-order chi connectivity index (χ1) is 12.1. The van der Waals surface area contributed by atoms with E-state index < -0.39 is 0 Å². The first-order valence-corrected chi connectivity index (χ1v) is 8.85. The summed E-state index contributed by atoms with van der Waals surface area (Å²) in [6.45, 7) is 5.84. The van der Waals surface area contributed by atoms with Gasteiger partial charge in [0.15, 0.2) is 0 Å². The number of likely N-dealkylation sites (tertiary alicyclic amines) is 1. The number of carbonyl (C=O) groups is 1. The summed E-state index contributed by atoms with van der Waals surface area (Å²) in [5, 5.41) is 2.83. The number of rotatable bonds is 4. The Bertz CT molecular complexity index is 728. The van der Waals surface area contributed by atoms with Crippen molar-refractivity contribution in [1.29, 1.82) is 0 Å². The lowest BCUT2D eigenvalue weighted by atomic mass is 9.97. The third kappa shape index (κ3) is 4.00. The van der Waals surface area contributed by atoms with E-state index in [0.717, 1.165) is 25.2 Å². The molecular weight excluding hydrogens is 319 g/mol.